The van der Waals surface area contributed by atoms with E-state index in [1.165, 1.54) is 32.1 Å². The number of hydrogen-bond acceptors (Lipinski definition) is 2. The van der Waals surface area contributed by atoms with Crippen LogP contribution in [-0.2, 0) is 9.53 Å². The standard InChI is InChI=1S/C16H28O3/c1-2-3-4-5-6-7-8-13(16(17)18)12-9-10-14-15(11-12)19-14/h12-15H,2-11H2,1H3,(H,17,18). The highest BCUT2D eigenvalue weighted by molar-refractivity contribution is 5.70. The zero-order valence-electron chi connectivity index (χ0n) is 12.1. The fourth-order valence-corrected chi connectivity index (χ4v) is 3.51. The molecule has 0 aromatic rings. The van der Waals surface area contributed by atoms with Crippen LogP contribution in [0.5, 0.6) is 0 Å². The van der Waals surface area contributed by atoms with E-state index in [0.29, 0.717) is 18.1 Å². The summed E-state index contributed by atoms with van der Waals surface area (Å²) in [5.74, 6) is -0.356. The summed E-state index contributed by atoms with van der Waals surface area (Å²) in [7, 11) is 0. The molecule has 0 radical (unpaired) electrons. The van der Waals surface area contributed by atoms with Gasteiger partial charge in [-0.05, 0) is 31.6 Å². The SMILES string of the molecule is CCCCCCCCC(C(=O)O)C1CCC2OC2C1. The van der Waals surface area contributed by atoms with Gasteiger partial charge in [0.05, 0.1) is 18.1 Å². The van der Waals surface area contributed by atoms with Gasteiger partial charge in [-0.3, -0.25) is 4.79 Å². The molecule has 1 N–H and O–H groups in total. The highest BCUT2D eigenvalue weighted by Gasteiger charge is 2.46. The molecule has 4 unspecified atom stereocenters. The fourth-order valence-electron chi connectivity index (χ4n) is 3.51. The topological polar surface area (TPSA) is 49.8 Å². The Morgan fingerprint density at radius 2 is 1.89 bits per heavy atom. The lowest BCUT2D eigenvalue weighted by Gasteiger charge is -2.25. The van der Waals surface area contributed by atoms with E-state index in [1.54, 1.807) is 0 Å². The molecule has 2 fully saturated rings. The van der Waals surface area contributed by atoms with Crippen LogP contribution in [0.2, 0.25) is 0 Å². The molecule has 1 aliphatic heterocycles. The largest absolute Gasteiger partial charge is 0.481 e. The van der Waals surface area contributed by atoms with E-state index >= 15 is 0 Å². The maximum Gasteiger partial charge on any atom is 0.306 e. The molecule has 0 spiro atoms. The molecule has 1 saturated heterocycles. The van der Waals surface area contributed by atoms with Gasteiger partial charge in [0.25, 0.3) is 0 Å². The van der Waals surface area contributed by atoms with Crippen LogP contribution < -0.4 is 0 Å². The minimum atomic E-state index is -0.586. The first-order valence-electron chi connectivity index (χ1n) is 8.10. The normalized spacial score (nSPS) is 30.7. The lowest BCUT2D eigenvalue weighted by Crippen LogP contribution is -2.28. The number of hydrogen-bond donors (Lipinski definition) is 1. The third-order valence-electron chi connectivity index (χ3n) is 4.80. The molecule has 0 aromatic carbocycles. The molecule has 1 heterocycles. The summed E-state index contributed by atoms with van der Waals surface area (Å²) in [5.41, 5.74) is 0. The van der Waals surface area contributed by atoms with Crippen LogP contribution in [0.1, 0.15) is 71.1 Å². The van der Waals surface area contributed by atoms with E-state index in [0.717, 1.165) is 32.1 Å². The van der Waals surface area contributed by atoms with Crippen LogP contribution in [0.25, 0.3) is 0 Å². The van der Waals surface area contributed by atoms with E-state index in [9.17, 15) is 9.90 Å². The van der Waals surface area contributed by atoms with Gasteiger partial charge in [0.15, 0.2) is 0 Å². The van der Waals surface area contributed by atoms with Crippen molar-refractivity contribution in [1.29, 1.82) is 0 Å². The van der Waals surface area contributed by atoms with E-state index in [1.807, 2.05) is 0 Å². The number of fused-ring (bicyclic) bond motifs is 1. The molecule has 3 heteroatoms. The predicted molar refractivity (Wildman–Crippen MR) is 75.1 cm³/mol. The van der Waals surface area contributed by atoms with Gasteiger partial charge in [-0.2, -0.15) is 0 Å². The van der Waals surface area contributed by atoms with Crippen molar-refractivity contribution in [2.24, 2.45) is 11.8 Å². The van der Waals surface area contributed by atoms with Crippen molar-refractivity contribution in [1.82, 2.24) is 0 Å². The second-order valence-electron chi connectivity index (χ2n) is 6.29. The van der Waals surface area contributed by atoms with Gasteiger partial charge < -0.3 is 9.84 Å². The molecular formula is C16H28O3. The molecule has 110 valence electrons. The highest BCUT2D eigenvalue weighted by Crippen LogP contribution is 2.43. The van der Waals surface area contributed by atoms with E-state index in [-0.39, 0.29) is 5.92 Å². The minimum Gasteiger partial charge on any atom is -0.481 e. The molecule has 0 bridgehead atoms. The minimum absolute atomic E-state index is 0.128. The average molecular weight is 268 g/mol. The maximum atomic E-state index is 11.4. The molecule has 2 aliphatic rings. The van der Waals surface area contributed by atoms with Crippen LogP contribution in [-0.4, -0.2) is 23.3 Å². The smallest absolute Gasteiger partial charge is 0.306 e. The Labute approximate surface area is 116 Å². The lowest BCUT2D eigenvalue weighted by molar-refractivity contribution is -0.144. The summed E-state index contributed by atoms with van der Waals surface area (Å²) < 4.78 is 5.51. The zero-order valence-corrected chi connectivity index (χ0v) is 12.1. The van der Waals surface area contributed by atoms with Crippen LogP contribution in [0.15, 0.2) is 0 Å². The molecule has 4 atom stereocenters. The number of unbranched alkanes of at least 4 members (excludes halogenated alkanes) is 5. The number of epoxide rings is 1. The summed E-state index contributed by atoms with van der Waals surface area (Å²) in [6, 6.07) is 0. The Morgan fingerprint density at radius 3 is 2.58 bits per heavy atom. The molecule has 19 heavy (non-hydrogen) atoms. The summed E-state index contributed by atoms with van der Waals surface area (Å²) in [5, 5.41) is 9.43. The summed E-state index contributed by atoms with van der Waals surface area (Å²) in [6.45, 7) is 2.22. The molecule has 3 nitrogen and oxygen atoms in total. The van der Waals surface area contributed by atoms with Gasteiger partial charge in [0.1, 0.15) is 0 Å². The van der Waals surface area contributed by atoms with Crippen molar-refractivity contribution in [2.45, 2.75) is 83.3 Å². The Bertz CT molecular complexity index is 290. The van der Waals surface area contributed by atoms with E-state index in [4.69, 9.17) is 4.74 Å². The van der Waals surface area contributed by atoms with Gasteiger partial charge in [-0.1, -0.05) is 45.4 Å². The Kier molecular flexibility index (Phi) is 5.68. The van der Waals surface area contributed by atoms with Gasteiger partial charge >= 0.3 is 5.97 Å². The monoisotopic (exact) mass is 268 g/mol. The number of ether oxygens (including phenoxy) is 1. The fraction of sp³-hybridized carbons (Fsp3) is 0.938. The van der Waals surface area contributed by atoms with Gasteiger partial charge in [-0.25, -0.2) is 0 Å². The van der Waals surface area contributed by atoms with Gasteiger partial charge in [-0.15, -0.1) is 0 Å². The molecular weight excluding hydrogens is 240 g/mol. The Balaban J connectivity index is 1.66. The zero-order chi connectivity index (χ0) is 13.7. The number of carboxylic acids is 1. The van der Waals surface area contributed by atoms with Crippen molar-refractivity contribution in [3.63, 3.8) is 0 Å². The van der Waals surface area contributed by atoms with Crippen LogP contribution in [0.4, 0.5) is 0 Å². The molecule has 1 aliphatic carbocycles. The van der Waals surface area contributed by atoms with Crippen molar-refractivity contribution in [3.05, 3.63) is 0 Å². The Hall–Kier alpha value is -0.570. The first-order valence-corrected chi connectivity index (χ1v) is 8.10. The molecule has 0 amide bonds. The van der Waals surface area contributed by atoms with Crippen molar-refractivity contribution in [3.8, 4) is 0 Å². The maximum absolute atomic E-state index is 11.4. The summed E-state index contributed by atoms with van der Waals surface area (Å²) in [4.78, 5) is 11.4. The molecule has 0 aromatic heterocycles. The second-order valence-corrected chi connectivity index (χ2v) is 6.29. The van der Waals surface area contributed by atoms with Gasteiger partial charge in [0, 0.05) is 0 Å². The number of carbonyl (C=O) groups is 1. The van der Waals surface area contributed by atoms with Crippen LogP contribution >= 0.6 is 0 Å². The van der Waals surface area contributed by atoms with Crippen molar-refractivity contribution in [2.75, 3.05) is 0 Å². The third-order valence-corrected chi connectivity index (χ3v) is 4.80. The van der Waals surface area contributed by atoms with Gasteiger partial charge in [0.2, 0.25) is 0 Å². The van der Waals surface area contributed by atoms with Crippen molar-refractivity contribution < 1.29 is 14.6 Å². The molecule has 1 saturated carbocycles. The number of carboxylic acid groups (broad SMARTS) is 1. The second kappa shape index (κ2) is 7.28. The van der Waals surface area contributed by atoms with Crippen LogP contribution in [0, 0.1) is 11.8 Å². The first kappa shape index (κ1) is 14.8. The Morgan fingerprint density at radius 1 is 1.16 bits per heavy atom. The summed E-state index contributed by atoms with van der Waals surface area (Å²) in [6.07, 6.45) is 12.3. The highest BCUT2D eigenvalue weighted by atomic mass is 16.6. The predicted octanol–water partition coefficient (Wildman–Crippen LogP) is 4.01. The first-order chi connectivity index (χ1) is 9.22. The van der Waals surface area contributed by atoms with Crippen LogP contribution in [0.3, 0.4) is 0 Å². The average Bonchev–Trinajstić information content (AvgIpc) is 3.15. The molecule has 2 rings (SSSR count). The van der Waals surface area contributed by atoms with E-state index in [2.05, 4.69) is 6.92 Å². The summed E-state index contributed by atoms with van der Waals surface area (Å²) >= 11 is 0. The number of aliphatic carboxylic acids is 1. The number of rotatable bonds is 9. The third kappa shape index (κ3) is 4.48. The van der Waals surface area contributed by atoms with E-state index < -0.39 is 5.97 Å². The lowest BCUT2D eigenvalue weighted by atomic mass is 9.78. The quantitative estimate of drug-likeness (QED) is 0.508. The van der Waals surface area contributed by atoms with Crippen molar-refractivity contribution >= 4 is 5.97 Å².